The van der Waals surface area contributed by atoms with Crippen LogP contribution in [0.15, 0.2) is 23.0 Å². The van der Waals surface area contributed by atoms with E-state index < -0.39 is 0 Å². The van der Waals surface area contributed by atoms with Crippen LogP contribution in [-0.2, 0) is 6.54 Å². The molecule has 0 bridgehead atoms. The number of likely N-dealkylation sites (N-methyl/N-ethyl adjacent to an activating group) is 1. The van der Waals surface area contributed by atoms with E-state index in [2.05, 4.69) is 11.9 Å². The third-order valence-electron chi connectivity index (χ3n) is 3.11. The maximum absolute atomic E-state index is 6.04. The fraction of sp³-hybridized carbons (Fsp3) is 0.636. The molecule has 3 heteroatoms. The van der Waals surface area contributed by atoms with E-state index in [4.69, 9.17) is 10.2 Å². The van der Waals surface area contributed by atoms with Gasteiger partial charge in [0.15, 0.2) is 0 Å². The molecule has 1 saturated carbocycles. The first-order chi connectivity index (χ1) is 6.77. The molecule has 2 rings (SSSR count). The number of hydrogen-bond acceptors (Lipinski definition) is 3. The first-order valence-electron chi connectivity index (χ1n) is 5.24. The van der Waals surface area contributed by atoms with Crippen LogP contribution in [-0.4, -0.2) is 24.0 Å². The number of nitrogens with zero attached hydrogens (tertiary/aromatic N) is 1. The fourth-order valence-electron chi connectivity index (χ4n) is 2.30. The average molecular weight is 194 g/mol. The highest BCUT2D eigenvalue weighted by Crippen LogP contribution is 2.22. The molecule has 0 aromatic carbocycles. The normalized spacial score (nSPS) is 27.4. The van der Waals surface area contributed by atoms with Crippen LogP contribution in [0.2, 0.25) is 0 Å². The number of nitrogens with two attached hydrogens (primary N) is 1. The predicted octanol–water partition coefficient (Wildman–Crippen LogP) is 1.59. The van der Waals surface area contributed by atoms with Gasteiger partial charge in [-0.05, 0) is 26.0 Å². The summed E-state index contributed by atoms with van der Waals surface area (Å²) in [6.45, 7) is 0.939. The Kier molecular flexibility index (Phi) is 2.89. The van der Waals surface area contributed by atoms with Gasteiger partial charge in [-0.2, -0.15) is 0 Å². The SMILES string of the molecule is CN(Cc1ccoc1)C1CCCC1N. The molecule has 1 heterocycles. The van der Waals surface area contributed by atoms with Crippen molar-refractivity contribution in [2.24, 2.45) is 5.73 Å². The van der Waals surface area contributed by atoms with Gasteiger partial charge in [0, 0.05) is 24.2 Å². The van der Waals surface area contributed by atoms with E-state index in [0.717, 1.165) is 6.54 Å². The molecule has 1 aliphatic rings. The zero-order valence-electron chi connectivity index (χ0n) is 8.65. The average Bonchev–Trinajstić information content (AvgIpc) is 2.75. The van der Waals surface area contributed by atoms with E-state index in [-0.39, 0.29) is 0 Å². The summed E-state index contributed by atoms with van der Waals surface area (Å²) in [5.41, 5.74) is 7.27. The lowest BCUT2D eigenvalue weighted by Crippen LogP contribution is -2.41. The lowest BCUT2D eigenvalue weighted by Gasteiger charge is -2.27. The van der Waals surface area contributed by atoms with Gasteiger partial charge >= 0.3 is 0 Å². The van der Waals surface area contributed by atoms with Crippen LogP contribution in [0.5, 0.6) is 0 Å². The maximum Gasteiger partial charge on any atom is 0.0947 e. The van der Waals surface area contributed by atoms with Crippen molar-refractivity contribution >= 4 is 0 Å². The molecule has 3 nitrogen and oxygen atoms in total. The van der Waals surface area contributed by atoms with Gasteiger partial charge in [0.25, 0.3) is 0 Å². The van der Waals surface area contributed by atoms with Crippen molar-refractivity contribution in [2.75, 3.05) is 7.05 Å². The molecule has 14 heavy (non-hydrogen) atoms. The van der Waals surface area contributed by atoms with E-state index >= 15 is 0 Å². The summed E-state index contributed by atoms with van der Waals surface area (Å²) in [6.07, 6.45) is 7.19. The fourth-order valence-corrected chi connectivity index (χ4v) is 2.30. The Morgan fingerprint density at radius 1 is 1.57 bits per heavy atom. The van der Waals surface area contributed by atoms with Crippen molar-refractivity contribution in [1.29, 1.82) is 0 Å². The summed E-state index contributed by atoms with van der Waals surface area (Å²) in [6, 6.07) is 2.91. The van der Waals surface area contributed by atoms with Gasteiger partial charge in [0.05, 0.1) is 12.5 Å². The summed E-state index contributed by atoms with van der Waals surface area (Å²) in [7, 11) is 2.14. The highest BCUT2D eigenvalue weighted by molar-refractivity contribution is 5.05. The van der Waals surface area contributed by atoms with Gasteiger partial charge < -0.3 is 10.2 Å². The second kappa shape index (κ2) is 4.15. The largest absolute Gasteiger partial charge is 0.472 e. The zero-order chi connectivity index (χ0) is 9.97. The minimum Gasteiger partial charge on any atom is -0.472 e. The first-order valence-corrected chi connectivity index (χ1v) is 5.24. The van der Waals surface area contributed by atoms with Gasteiger partial charge in [-0.15, -0.1) is 0 Å². The van der Waals surface area contributed by atoms with Gasteiger partial charge in [-0.3, -0.25) is 4.90 Å². The quantitative estimate of drug-likeness (QED) is 0.794. The minimum absolute atomic E-state index is 0.354. The van der Waals surface area contributed by atoms with Crippen LogP contribution in [0.4, 0.5) is 0 Å². The molecule has 0 spiro atoms. The molecule has 78 valence electrons. The van der Waals surface area contributed by atoms with Crippen molar-refractivity contribution in [2.45, 2.75) is 37.9 Å². The highest BCUT2D eigenvalue weighted by Gasteiger charge is 2.27. The lowest BCUT2D eigenvalue weighted by molar-refractivity contribution is 0.220. The zero-order valence-corrected chi connectivity index (χ0v) is 8.65. The highest BCUT2D eigenvalue weighted by atomic mass is 16.3. The Hall–Kier alpha value is -0.800. The molecule has 0 amide bonds. The summed E-state index contributed by atoms with van der Waals surface area (Å²) in [5.74, 6) is 0. The number of rotatable bonds is 3. The summed E-state index contributed by atoms with van der Waals surface area (Å²) < 4.78 is 5.05. The molecular weight excluding hydrogens is 176 g/mol. The molecular formula is C11H18N2O. The monoisotopic (exact) mass is 194 g/mol. The van der Waals surface area contributed by atoms with E-state index in [1.807, 2.05) is 6.07 Å². The second-order valence-corrected chi connectivity index (χ2v) is 4.21. The molecule has 2 unspecified atom stereocenters. The third-order valence-corrected chi connectivity index (χ3v) is 3.11. The molecule has 2 N–H and O–H groups in total. The van der Waals surface area contributed by atoms with Crippen LogP contribution in [0.3, 0.4) is 0 Å². The molecule has 0 radical (unpaired) electrons. The minimum atomic E-state index is 0.354. The van der Waals surface area contributed by atoms with Crippen LogP contribution < -0.4 is 5.73 Å². The summed E-state index contributed by atoms with van der Waals surface area (Å²) in [5, 5.41) is 0. The van der Waals surface area contributed by atoms with Crippen molar-refractivity contribution in [3.8, 4) is 0 Å². The van der Waals surface area contributed by atoms with E-state index in [9.17, 15) is 0 Å². The first kappa shape index (κ1) is 9.74. The van der Waals surface area contributed by atoms with Crippen molar-refractivity contribution < 1.29 is 4.42 Å². The Morgan fingerprint density at radius 3 is 3.00 bits per heavy atom. The van der Waals surface area contributed by atoms with E-state index in [1.54, 1.807) is 12.5 Å². The van der Waals surface area contributed by atoms with E-state index in [0.29, 0.717) is 12.1 Å². The molecule has 1 fully saturated rings. The van der Waals surface area contributed by atoms with Gasteiger partial charge in [-0.25, -0.2) is 0 Å². The number of hydrogen-bond donors (Lipinski definition) is 1. The van der Waals surface area contributed by atoms with Crippen molar-refractivity contribution in [3.05, 3.63) is 24.2 Å². The van der Waals surface area contributed by atoms with Crippen LogP contribution >= 0.6 is 0 Å². The van der Waals surface area contributed by atoms with Gasteiger partial charge in [-0.1, -0.05) is 6.42 Å². The molecule has 2 atom stereocenters. The summed E-state index contributed by atoms with van der Waals surface area (Å²) in [4.78, 5) is 2.34. The maximum atomic E-state index is 6.04. The lowest BCUT2D eigenvalue weighted by atomic mass is 10.1. The Morgan fingerprint density at radius 2 is 2.43 bits per heavy atom. The smallest absolute Gasteiger partial charge is 0.0947 e. The molecule has 0 saturated heterocycles. The van der Waals surface area contributed by atoms with Crippen LogP contribution in [0.1, 0.15) is 24.8 Å². The molecule has 1 aromatic heterocycles. The Bertz CT molecular complexity index is 271. The Labute approximate surface area is 84.9 Å². The van der Waals surface area contributed by atoms with E-state index in [1.165, 1.54) is 24.8 Å². The molecule has 1 aromatic rings. The number of furan rings is 1. The van der Waals surface area contributed by atoms with Gasteiger partial charge in [0.2, 0.25) is 0 Å². The topological polar surface area (TPSA) is 42.4 Å². The van der Waals surface area contributed by atoms with Crippen molar-refractivity contribution in [3.63, 3.8) is 0 Å². The standard InChI is InChI=1S/C11H18N2O/c1-13(7-9-5-6-14-8-9)11-4-2-3-10(11)12/h5-6,8,10-11H,2-4,7,12H2,1H3. The van der Waals surface area contributed by atoms with Gasteiger partial charge in [0.1, 0.15) is 0 Å². The third kappa shape index (κ3) is 1.99. The Balaban J connectivity index is 1.92. The molecule has 1 aliphatic carbocycles. The second-order valence-electron chi connectivity index (χ2n) is 4.21. The molecule has 0 aliphatic heterocycles. The van der Waals surface area contributed by atoms with Crippen LogP contribution in [0.25, 0.3) is 0 Å². The van der Waals surface area contributed by atoms with Crippen LogP contribution in [0, 0.1) is 0 Å². The predicted molar refractivity (Wildman–Crippen MR) is 55.8 cm³/mol. The van der Waals surface area contributed by atoms with Crippen molar-refractivity contribution in [1.82, 2.24) is 4.90 Å². The summed E-state index contributed by atoms with van der Waals surface area (Å²) >= 11 is 0.